The molecule has 1 heterocycles. The summed E-state index contributed by atoms with van der Waals surface area (Å²) in [6.45, 7) is 0.947. The van der Waals surface area contributed by atoms with Gasteiger partial charge in [-0.1, -0.05) is 58.4 Å². The number of amides is 2. The molecule has 0 N–H and O–H groups in total. The molecule has 0 unspecified atom stereocenters. The van der Waals surface area contributed by atoms with Crippen LogP contribution in [0.4, 0.5) is 4.79 Å². The SMILES string of the molecule is COc1cc(/C=C2\SC(=O)N(Cc3ccccc3Br)C2=O)ccc1OCCOc1ccccc1. The molecule has 0 saturated carbocycles. The van der Waals surface area contributed by atoms with E-state index in [0.29, 0.717) is 29.6 Å². The minimum Gasteiger partial charge on any atom is -0.493 e. The first-order valence-corrected chi connectivity index (χ1v) is 12.1. The molecule has 0 atom stereocenters. The Bertz CT molecular complexity index is 1210. The minimum atomic E-state index is -0.317. The molecule has 0 aromatic heterocycles. The van der Waals surface area contributed by atoms with Crippen molar-refractivity contribution >= 4 is 44.9 Å². The third-order valence-electron chi connectivity index (χ3n) is 5.00. The van der Waals surface area contributed by atoms with E-state index in [1.165, 1.54) is 4.90 Å². The van der Waals surface area contributed by atoms with E-state index >= 15 is 0 Å². The average molecular weight is 540 g/mol. The van der Waals surface area contributed by atoms with E-state index in [1.807, 2.05) is 60.7 Å². The lowest BCUT2D eigenvalue weighted by Gasteiger charge is -2.13. The summed E-state index contributed by atoms with van der Waals surface area (Å²) in [6, 6.07) is 22.4. The van der Waals surface area contributed by atoms with Crippen LogP contribution in [0.15, 0.2) is 82.2 Å². The van der Waals surface area contributed by atoms with Crippen LogP contribution in [0, 0.1) is 0 Å². The lowest BCUT2D eigenvalue weighted by atomic mass is 10.1. The van der Waals surface area contributed by atoms with E-state index < -0.39 is 0 Å². The molecule has 0 bridgehead atoms. The molecule has 1 aliphatic rings. The number of hydrogen-bond acceptors (Lipinski definition) is 6. The van der Waals surface area contributed by atoms with Crippen LogP contribution < -0.4 is 14.2 Å². The van der Waals surface area contributed by atoms with Crippen LogP contribution >= 0.6 is 27.7 Å². The molecule has 1 aliphatic heterocycles. The first-order valence-electron chi connectivity index (χ1n) is 10.5. The predicted octanol–water partition coefficient (Wildman–Crippen LogP) is 6.15. The third kappa shape index (κ3) is 5.81. The van der Waals surface area contributed by atoms with E-state index in [4.69, 9.17) is 14.2 Å². The van der Waals surface area contributed by atoms with Crippen molar-refractivity contribution in [3.63, 3.8) is 0 Å². The van der Waals surface area contributed by atoms with Gasteiger partial charge in [0, 0.05) is 4.47 Å². The van der Waals surface area contributed by atoms with Gasteiger partial charge in [0.15, 0.2) is 11.5 Å². The van der Waals surface area contributed by atoms with Crippen molar-refractivity contribution in [1.82, 2.24) is 4.90 Å². The van der Waals surface area contributed by atoms with E-state index in [0.717, 1.165) is 33.1 Å². The van der Waals surface area contributed by atoms with E-state index in [-0.39, 0.29) is 17.7 Å². The molecule has 34 heavy (non-hydrogen) atoms. The number of imide groups is 1. The van der Waals surface area contributed by atoms with Crippen molar-refractivity contribution in [3.05, 3.63) is 93.3 Å². The number of nitrogens with zero attached hydrogens (tertiary/aromatic N) is 1. The largest absolute Gasteiger partial charge is 0.493 e. The van der Waals surface area contributed by atoms with Gasteiger partial charge in [-0.15, -0.1) is 0 Å². The van der Waals surface area contributed by atoms with Crippen molar-refractivity contribution < 1.29 is 23.8 Å². The summed E-state index contributed by atoms with van der Waals surface area (Å²) in [7, 11) is 1.55. The first kappa shape index (κ1) is 23.9. The molecule has 1 fully saturated rings. The maximum absolute atomic E-state index is 12.9. The van der Waals surface area contributed by atoms with Crippen LogP contribution in [0.3, 0.4) is 0 Å². The van der Waals surface area contributed by atoms with Crippen LogP contribution in [0.5, 0.6) is 17.2 Å². The maximum atomic E-state index is 12.9. The number of benzene rings is 3. The number of para-hydroxylation sites is 1. The number of hydrogen-bond donors (Lipinski definition) is 0. The fourth-order valence-electron chi connectivity index (χ4n) is 3.31. The quantitative estimate of drug-likeness (QED) is 0.240. The number of carbonyl (C=O) groups is 2. The second kappa shape index (κ2) is 11.3. The second-order valence-electron chi connectivity index (χ2n) is 7.28. The second-order valence-corrected chi connectivity index (χ2v) is 9.13. The molecule has 174 valence electrons. The van der Waals surface area contributed by atoms with Gasteiger partial charge < -0.3 is 14.2 Å². The lowest BCUT2D eigenvalue weighted by Crippen LogP contribution is -2.27. The first-order chi connectivity index (χ1) is 16.5. The molecule has 3 aromatic carbocycles. The molecule has 0 radical (unpaired) electrons. The van der Waals surface area contributed by atoms with Crippen molar-refractivity contribution in [1.29, 1.82) is 0 Å². The Hall–Kier alpha value is -3.23. The number of thioether (sulfide) groups is 1. The fraction of sp³-hybridized carbons (Fsp3) is 0.154. The van der Waals surface area contributed by atoms with Gasteiger partial charge in [0.25, 0.3) is 11.1 Å². The molecular formula is C26H22BrNO5S. The highest BCUT2D eigenvalue weighted by Gasteiger charge is 2.35. The minimum absolute atomic E-state index is 0.213. The van der Waals surface area contributed by atoms with Gasteiger partial charge in [-0.25, -0.2) is 0 Å². The number of methoxy groups -OCH3 is 1. The fourth-order valence-corrected chi connectivity index (χ4v) is 4.55. The zero-order valence-electron chi connectivity index (χ0n) is 18.4. The summed E-state index contributed by atoms with van der Waals surface area (Å²) in [4.78, 5) is 27.0. The standard InChI is InChI=1S/C26H22BrNO5S/c1-31-23-15-18(11-12-22(23)33-14-13-32-20-8-3-2-4-9-20)16-24-25(29)28(26(30)34-24)17-19-7-5-6-10-21(19)27/h2-12,15-16H,13-14,17H2,1H3/b24-16-. The maximum Gasteiger partial charge on any atom is 0.293 e. The molecule has 6 nitrogen and oxygen atoms in total. The van der Waals surface area contributed by atoms with Crippen LogP contribution in [0.25, 0.3) is 6.08 Å². The van der Waals surface area contributed by atoms with Gasteiger partial charge in [-0.05, 0) is 59.3 Å². The van der Waals surface area contributed by atoms with E-state index in [1.54, 1.807) is 25.3 Å². The van der Waals surface area contributed by atoms with Crippen LogP contribution in [0.2, 0.25) is 0 Å². The zero-order valence-corrected chi connectivity index (χ0v) is 20.8. The molecule has 0 spiro atoms. The molecule has 0 aliphatic carbocycles. The summed E-state index contributed by atoms with van der Waals surface area (Å²) < 4.78 is 17.8. The summed E-state index contributed by atoms with van der Waals surface area (Å²) in [5, 5.41) is -0.294. The highest BCUT2D eigenvalue weighted by Crippen LogP contribution is 2.36. The third-order valence-corrected chi connectivity index (χ3v) is 6.68. The van der Waals surface area contributed by atoms with Crippen molar-refractivity contribution in [2.45, 2.75) is 6.54 Å². The van der Waals surface area contributed by atoms with Crippen LogP contribution in [-0.4, -0.2) is 36.4 Å². The van der Waals surface area contributed by atoms with Crippen LogP contribution in [-0.2, 0) is 11.3 Å². The number of ether oxygens (including phenoxy) is 3. The molecule has 4 rings (SSSR count). The van der Waals surface area contributed by atoms with E-state index in [9.17, 15) is 9.59 Å². The van der Waals surface area contributed by atoms with Gasteiger partial charge in [0.05, 0.1) is 18.6 Å². The molecule has 3 aromatic rings. The van der Waals surface area contributed by atoms with Crippen molar-refractivity contribution in [2.75, 3.05) is 20.3 Å². The Balaban J connectivity index is 1.40. The summed E-state index contributed by atoms with van der Waals surface area (Å²) in [5.74, 6) is 1.56. The highest BCUT2D eigenvalue weighted by molar-refractivity contribution is 9.10. The van der Waals surface area contributed by atoms with Gasteiger partial charge in [0.1, 0.15) is 19.0 Å². The molecular weight excluding hydrogens is 518 g/mol. The van der Waals surface area contributed by atoms with Gasteiger partial charge >= 0.3 is 0 Å². The molecule has 2 amide bonds. The summed E-state index contributed by atoms with van der Waals surface area (Å²) in [5.41, 5.74) is 1.60. The Morgan fingerprint density at radius 2 is 1.65 bits per heavy atom. The van der Waals surface area contributed by atoms with Gasteiger partial charge in [0.2, 0.25) is 0 Å². The van der Waals surface area contributed by atoms with Gasteiger partial charge in [-0.3, -0.25) is 14.5 Å². The number of carbonyl (C=O) groups excluding carboxylic acids is 2. The Labute approximate surface area is 210 Å². The molecule has 1 saturated heterocycles. The normalized spacial score (nSPS) is 14.5. The number of halogens is 1. The van der Waals surface area contributed by atoms with Crippen LogP contribution in [0.1, 0.15) is 11.1 Å². The average Bonchev–Trinajstić information content (AvgIpc) is 3.11. The highest BCUT2D eigenvalue weighted by atomic mass is 79.9. The Morgan fingerprint density at radius 1 is 0.912 bits per heavy atom. The Kier molecular flexibility index (Phi) is 7.92. The number of rotatable bonds is 9. The Morgan fingerprint density at radius 3 is 2.41 bits per heavy atom. The monoisotopic (exact) mass is 539 g/mol. The predicted molar refractivity (Wildman–Crippen MR) is 136 cm³/mol. The molecule has 8 heteroatoms. The summed E-state index contributed by atoms with van der Waals surface area (Å²) >= 11 is 4.39. The van der Waals surface area contributed by atoms with Crippen molar-refractivity contribution in [3.8, 4) is 17.2 Å². The topological polar surface area (TPSA) is 65.1 Å². The van der Waals surface area contributed by atoms with Crippen molar-refractivity contribution in [2.24, 2.45) is 0 Å². The lowest BCUT2D eigenvalue weighted by molar-refractivity contribution is -0.123. The van der Waals surface area contributed by atoms with E-state index in [2.05, 4.69) is 15.9 Å². The zero-order chi connectivity index (χ0) is 23.9. The summed E-state index contributed by atoms with van der Waals surface area (Å²) in [6.07, 6.45) is 1.69. The smallest absolute Gasteiger partial charge is 0.293 e. The van der Waals surface area contributed by atoms with Gasteiger partial charge in [-0.2, -0.15) is 0 Å².